The van der Waals surface area contributed by atoms with E-state index in [-0.39, 0.29) is 30.9 Å². The summed E-state index contributed by atoms with van der Waals surface area (Å²) in [6, 6.07) is 15.4. The van der Waals surface area contributed by atoms with Gasteiger partial charge in [0.2, 0.25) is 0 Å². The lowest BCUT2D eigenvalue weighted by Gasteiger charge is -2.17. The largest absolute Gasteiger partial charge is 0.345 e. The summed E-state index contributed by atoms with van der Waals surface area (Å²) in [6.07, 6.45) is 0. The first-order valence-corrected chi connectivity index (χ1v) is 9.36. The Morgan fingerprint density at radius 2 is 1.73 bits per heavy atom. The number of anilines is 1. The fraction of sp³-hybridized carbons (Fsp3) is 0.300. The molecule has 138 valence electrons. The minimum absolute atomic E-state index is 0.0595. The van der Waals surface area contributed by atoms with Crippen LogP contribution in [0.5, 0.6) is 0 Å². The number of halogens is 1. The Kier molecular flexibility index (Phi) is 7.36. The minimum atomic E-state index is -0.114. The molecule has 0 heterocycles. The van der Waals surface area contributed by atoms with Crippen LogP contribution < -0.4 is 15.5 Å². The zero-order chi connectivity index (χ0) is 19.1. The van der Waals surface area contributed by atoms with E-state index in [1.54, 1.807) is 0 Å². The number of carbonyl (C=O) groups excluding carboxylic acids is 2. The summed E-state index contributed by atoms with van der Waals surface area (Å²) in [4.78, 5) is 25.2. The van der Waals surface area contributed by atoms with E-state index in [0.29, 0.717) is 0 Å². The van der Waals surface area contributed by atoms with Crippen LogP contribution in [-0.4, -0.2) is 32.0 Å². The highest BCUT2D eigenvalue weighted by Gasteiger charge is 2.17. The van der Waals surface area contributed by atoms with Gasteiger partial charge >= 0.3 is 0 Å². The molecular weight excluding hydrogens is 394 g/mol. The molecule has 0 fully saturated rings. The molecule has 2 aromatic carbocycles. The van der Waals surface area contributed by atoms with Crippen LogP contribution in [0.25, 0.3) is 0 Å². The summed E-state index contributed by atoms with van der Waals surface area (Å²) in [7, 11) is 1.83. The van der Waals surface area contributed by atoms with Gasteiger partial charge in [0.05, 0.1) is 13.1 Å². The van der Waals surface area contributed by atoms with Gasteiger partial charge < -0.3 is 15.5 Å². The van der Waals surface area contributed by atoms with E-state index in [2.05, 4.69) is 26.6 Å². The van der Waals surface area contributed by atoms with Crippen molar-refractivity contribution in [3.8, 4) is 0 Å². The number of quaternary nitrogens is 1. The van der Waals surface area contributed by atoms with Crippen molar-refractivity contribution in [1.29, 1.82) is 0 Å². The van der Waals surface area contributed by atoms with Crippen molar-refractivity contribution in [2.75, 3.05) is 25.5 Å². The van der Waals surface area contributed by atoms with Gasteiger partial charge in [-0.3, -0.25) is 9.59 Å². The first-order valence-electron chi connectivity index (χ1n) is 8.56. The Morgan fingerprint density at radius 1 is 1.08 bits per heavy atom. The SMILES string of the molecule is Cc1cc(Br)ccc1NC(=O)C[NH+](C)CC(=O)N[C@H](C)c1ccccc1. The lowest BCUT2D eigenvalue weighted by Crippen LogP contribution is -3.11. The van der Waals surface area contributed by atoms with Gasteiger partial charge in [0.1, 0.15) is 0 Å². The van der Waals surface area contributed by atoms with Crippen molar-refractivity contribution in [2.45, 2.75) is 19.9 Å². The van der Waals surface area contributed by atoms with Crippen molar-refractivity contribution in [2.24, 2.45) is 0 Å². The molecule has 3 N–H and O–H groups in total. The van der Waals surface area contributed by atoms with Crippen LogP contribution >= 0.6 is 15.9 Å². The summed E-state index contributed by atoms with van der Waals surface area (Å²) >= 11 is 3.41. The van der Waals surface area contributed by atoms with Crippen LogP contribution in [0.15, 0.2) is 53.0 Å². The molecule has 0 aromatic heterocycles. The van der Waals surface area contributed by atoms with Gasteiger partial charge in [-0.05, 0) is 43.2 Å². The molecule has 0 radical (unpaired) electrons. The molecule has 26 heavy (non-hydrogen) atoms. The van der Waals surface area contributed by atoms with Gasteiger partial charge in [0.15, 0.2) is 13.1 Å². The molecule has 5 nitrogen and oxygen atoms in total. The van der Waals surface area contributed by atoms with Gasteiger partial charge in [-0.15, -0.1) is 0 Å². The summed E-state index contributed by atoms with van der Waals surface area (Å²) in [5.41, 5.74) is 2.83. The van der Waals surface area contributed by atoms with E-state index in [1.165, 1.54) is 0 Å². The minimum Gasteiger partial charge on any atom is -0.345 e. The lowest BCUT2D eigenvalue weighted by molar-refractivity contribution is -0.862. The molecule has 0 saturated carbocycles. The van der Waals surface area contributed by atoms with Gasteiger partial charge in [0.25, 0.3) is 11.8 Å². The number of rotatable bonds is 7. The fourth-order valence-corrected chi connectivity index (χ4v) is 3.17. The average Bonchev–Trinajstić information content (AvgIpc) is 2.57. The van der Waals surface area contributed by atoms with Crippen molar-refractivity contribution in [1.82, 2.24) is 5.32 Å². The maximum absolute atomic E-state index is 12.2. The molecule has 0 aliphatic heterocycles. The van der Waals surface area contributed by atoms with E-state index in [9.17, 15) is 9.59 Å². The van der Waals surface area contributed by atoms with Crippen LogP contribution in [0.2, 0.25) is 0 Å². The molecule has 2 amide bonds. The van der Waals surface area contributed by atoms with Crippen LogP contribution in [0.1, 0.15) is 24.1 Å². The predicted octanol–water partition coefficient (Wildman–Crippen LogP) is 2.09. The van der Waals surface area contributed by atoms with E-state index >= 15 is 0 Å². The highest BCUT2D eigenvalue weighted by atomic mass is 79.9. The Hall–Kier alpha value is -2.18. The van der Waals surface area contributed by atoms with E-state index in [1.807, 2.05) is 69.4 Å². The lowest BCUT2D eigenvalue weighted by atomic mass is 10.1. The predicted molar refractivity (Wildman–Crippen MR) is 107 cm³/mol. The van der Waals surface area contributed by atoms with Gasteiger partial charge in [-0.2, -0.15) is 0 Å². The zero-order valence-corrected chi connectivity index (χ0v) is 16.9. The quantitative estimate of drug-likeness (QED) is 0.644. The van der Waals surface area contributed by atoms with Gasteiger partial charge in [-0.1, -0.05) is 46.3 Å². The third-order valence-corrected chi connectivity index (χ3v) is 4.56. The maximum atomic E-state index is 12.2. The smallest absolute Gasteiger partial charge is 0.279 e. The van der Waals surface area contributed by atoms with Crippen molar-refractivity contribution < 1.29 is 14.5 Å². The molecule has 2 atom stereocenters. The first kappa shape index (κ1) is 20.1. The number of amides is 2. The highest BCUT2D eigenvalue weighted by Crippen LogP contribution is 2.19. The third-order valence-electron chi connectivity index (χ3n) is 4.06. The van der Waals surface area contributed by atoms with Crippen LogP contribution in [0, 0.1) is 6.92 Å². The average molecular weight is 419 g/mol. The van der Waals surface area contributed by atoms with Crippen molar-refractivity contribution in [3.05, 3.63) is 64.1 Å². The molecule has 0 bridgehead atoms. The second kappa shape index (κ2) is 9.50. The Bertz CT molecular complexity index is 765. The number of aryl methyl sites for hydroxylation is 1. The molecule has 0 saturated heterocycles. The Labute approximate surface area is 162 Å². The maximum Gasteiger partial charge on any atom is 0.279 e. The molecule has 6 heteroatoms. The van der Waals surface area contributed by atoms with Crippen LogP contribution in [0.4, 0.5) is 5.69 Å². The van der Waals surface area contributed by atoms with E-state index in [0.717, 1.165) is 26.2 Å². The van der Waals surface area contributed by atoms with Crippen LogP contribution in [0.3, 0.4) is 0 Å². The second-order valence-electron chi connectivity index (χ2n) is 6.52. The summed E-state index contributed by atoms with van der Waals surface area (Å²) < 4.78 is 0.972. The topological polar surface area (TPSA) is 62.6 Å². The number of carbonyl (C=O) groups is 2. The zero-order valence-electron chi connectivity index (χ0n) is 15.3. The molecular formula is C20H25BrN3O2+. The summed E-state index contributed by atoms with van der Waals surface area (Å²) in [6.45, 7) is 4.35. The number of hydrogen-bond acceptors (Lipinski definition) is 2. The first-order chi connectivity index (χ1) is 12.3. The van der Waals surface area contributed by atoms with Crippen molar-refractivity contribution in [3.63, 3.8) is 0 Å². The van der Waals surface area contributed by atoms with E-state index in [4.69, 9.17) is 0 Å². The molecule has 0 spiro atoms. The molecule has 2 aromatic rings. The Balaban J connectivity index is 1.80. The standard InChI is InChI=1S/C20H24BrN3O2/c1-14-11-17(21)9-10-18(14)23-20(26)13-24(3)12-19(25)22-15(2)16-7-5-4-6-8-16/h4-11,15H,12-13H2,1-3H3,(H,22,25)(H,23,26)/p+1/t15-/m1/s1. The highest BCUT2D eigenvalue weighted by molar-refractivity contribution is 9.10. The third kappa shape index (κ3) is 6.28. The molecule has 0 aliphatic rings. The van der Waals surface area contributed by atoms with Crippen molar-refractivity contribution >= 4 is 33.4 Å². The number of benzene rings is 2. The number of likely N-dealkylation sites (N-methyl/N-ethyl adjacent to an activating group) is 1. The van der Waals surface area contributed by atoms with Crippen LogP contribution in [-0.2, 0) is 9.59 Å². The second-order valence-corrected chi connectivity index (χ2v) is 7.43. The monoisotopic (exact) mass is 418 g/mol. The van der Waals surface area contributed by atoms with Gasteiger partial charge in [0, 0.05) is 10.2 Å². The van der Waals surface area contributed by atoms with E-state index < -0.39 is 0 Å². The summed E-state index contributed by atoms with van der Waals surface area (Å²) in [5.74, 6) is -0.191. The molecule has 0 aliphatic carbocycles. The Morgan fingerprint density at radius 3 is 2.38 bits per heavy atom. The van der Waals surface area contributed by atoms with Gasteiger partial charge in [-0.25, -0.2) is 0 Å². The number of nitrogens with one attached hydrogen (secondary N) is 3. The summed E-state index contributed by atoms with van der Waals surface area (Å²) in [5, 5.41) is 5.86. The molecule has 1 unspecified atom stereocenters. The molecule has 2 rings (SSSR count). The normalized spacial score (nSPS) is 12.9. The fourth-order valence-electron chi connectivity index (χ4n) is 2.69. The number of hydrogen-bond donors (Lipinski definition) is 3.